The molecule has 1 rings (SSSR count). The Morgan fingerprint density at radius 3 is 2.24 bits per heavy atom. The van der Waals surface area contributed by atoms with E-state index >= 15 is 0 Å². The van der Waals surface area contributed by atoms with Crippen molar-refractivity contribution in [3.05, 3.63) is 35.4 Å². The van der Waals surface area contributed by atoms with E-state index in [-0.39, 0.29) is 6.54 Å². The first-order valence-corrected chi connectivity index (χ1v) is 7.78. The zero-order chi connectivity index (χ0) is 16.4. The van der Waals surface area contributed by atoms with Crippen molar-refractivity contribution in [3.8, 4) is 0 Å². The molecule has 21 heavy (non-hydrogen) atoms. The minimum absolute atomic E-state index is 0.165. The van der Waals surface area contributed by atoms with Gasteiger partial charge in [0.15, 0.2) is 0 Å². The van der Waals surface area contributed by atoms with Crippen molar-refractivity contribution in [2.45, 2.75) is 26.1 Å². The Hall–Kier alpha value is -1.12. The lowest BCUT2D eigenvalue weighted by Gasteiger charge is -2.30. The molecule has 1 aromatic rings. The maximum absolute atomic E-state index is 12.7. The van der Waals surface area contributed by atoms with E-state index in [4.69, 9.17) is 0 Å². The van der Waals surface area contributed by atoms with Gasteiger partial charge in [-0.25, -0.2) is 0 Å². The van der Waals surface area contributed by atoms with Crippen LogP contribution in [0.1, 0.15) is 31.0 Å². The van der Waals surface area contributed by atoms with E-state index in [0.717, 1.165) is 20.7 Å². The Kier molecular flexibility index (Phi) is 5.40. The molecular weight excluding hydrogens is 305 g/mol. The summed E-state index contributed by atoms with van der Waals surface area (Å²) in [4.78, 5) is 0. The van der Waals surface area contributed by atoms with Gasteiger partial charge in [0.1, 0.15) is 0 Å². The number of halogens is 3. The molecule has 120 valence electrons. The molecule has 0 aliphatic carbocycles. The summed E-state index contributed by atoms with van der Waals surface area (Å²) < 4.78 is 64.8. The highest BCUT2D eigenvalue weighted by molar-refractivity contribution is 7.86. The molecule has 0 fully saturated rings. The first-order valence-electron chi connectivity index (χ1n) is 6.38. The predicted octanol–water partition coefficient (Wildman–Crippen LogP) is 2.89. The molecule has 0 aliphatic heterocycles. The van der Waals surface area contributed by atoms with Crippen LogP contribution in [0.3, 0.4) is 0 Å². The molecule has 0 aromatic heterocycles. The van der Waals surface area contributed by atoms with Gasteiger partial charge in [0.25, 0.3) is 10.2 Å². The average molecular weight is 324 g/mol. The number of alkyl halides is 3. The van der Waals surface area contributed by atoms with Crippen LogP contribution < -0.4 is 0 Å². The van der Waals surface area contributed by atoms with Crippen LogP contribution in [-0.4, -0.2) is 37.7 Å². The van der Waals surface area contributed by atoms with Gasteiger partial charge in [-0.2, -0.15) is 30.2 Å². The van der Waals surface area contributed by atoms with Gasteiger partial charge in [-0.1, -0.05) is 19.1 Å². The van der Waals surface area contributed by atoms with Gasteiger partial charge < -0.3 is 0 Å². The van der Waals surface area contributed by atoms with Crippen LogP contribution >= 0.6 is 0 Å². The summed E-state index contributed by atoms with van der Waals surface area (Å²) in [5, 5.41) is 0. The molecule has 0 spiro atoms. The Morgan fingerprint density at radius 1 is 1.24 bits per heavy atom. The molecule has 0 saturated heterocycles. The monoisotopic (exact) mass is 324 g/mol. The van der Waals surface area contributed by atoms with Crippen LogP contribution in [0.15, 0.2) is 24.3 Å². The van der Waals surface area contributed by atoms with Gasteiger partial charge in [-0.15, -0.1) is 0 Å². The second kappa shape index (κ2) is 6.33. The van der Waals surface area contributed by atoms with E-state index < -0.39 is 28.0 Å². The largest absolute Gasteiger partial charge is 0.416 e. The highest BCUT2D eigenvalue weighted by Gasteiger charge is 2.33. The molecule has 0 bridgehead atoms. The zero-order valence-electron chi connectivity index (χ0n) is 12.3. The van der Waals surface area contributed by atoms with E-state index in [2.05, 4.69) is 0 Å². The minimum Gasteiger partial charge on any atom is -0.195 e. The second-order valence-corrected chi connectivity index (χ2v) is 6.89. The third-order valence-corrected chi connectivity index (χ3v) is 5.29. The summed E-state index contributed by atoms with van der Waals surface area (Å²) in [6, 6.07) is 4.04. The summed E-state index contributed by atoms with van der Waals surface area (Å²) in [5.41, 5.74) is -0.484. The minimum atomic E-state index is -4.45. The van der Waals surface area contributed by atoms with Crippen LogP contribution in [0, 0.1) is 0 Å². The summed E-state index contributed by atoms with van der Waals surface area (Å²) in [7, 11) is -0.928. The van der Waals surface area contributed by atoms with Crippen molar-refractivity contribution in [1.29, 1.82) is 0 Å². The topological polar surface area (TPSA) is 40.6 Å². The number of rotatable bonds is 5. The van der Waals surface area contributed by atoms with E-state index in [0.29, 0.717) is 5.56 Å². The molecule has 4 nitrogen and oxygen atoms in total. The average Bonchev–Trinajstić information content (AvgIpc) is 2.38. The van der Waals surface area contributed by atoms with Crippen molar-refractivity contribution in [3.63, 3.8) is 0 Å². The summed E-state index contributed by atoms with van der Waals surface area (Å²) in [5.74, 6) is 0. The van der Waals surface area contributed by atoms with Gasteiger partial charge in [-0.3, -0.25) is 0 Å². The third-order valence-electron chi connectivity index (χ3n) is 3.20. The lowest BCUT2D eigenvalue weighted by molar-refractivity contribution is -0.137. The second-order valence-electron chi connectivity index (χ2n) is 4.79. The van der Waals surface area contributed by atoms with Crippen LogP contribution in [-0.2, 0) is 16.4 Å². The molecule has 0 N–H and O–H groups in total. The van der Waals surface area contributed by atoms with Gasteiger partial charge in [0.05, 0.1) is 5.56 Å². The SMILES string of the molecule is CCN(C(C)c1cccc(C(F)(F)F)c1)S(=O)(=O)N(C)C. The van der Waals surface area contributed by atoms with E-state index in [1.54, 1.807) is 13.8 Å². The van der Waals surface area contributed by atoms with Gasteiger partial charge in [0, 0.05) is 26.7 Å². The lowest BCUT2D eigenvalue weighted by Crippen LogP contribution is -2.41. The highest BCUT2D eigenvalue weighted by atomic mass is 32.2. The summed E-state index contributed by atoms with van der Waals surface area (Å²) >= 11 is 0. The van der Waals surface area contributed by atoms with Gasteiger partial charge in [-0.05, 0) is 24.6 Å². The van der Waals surface area contributed by atoms with E-state index in [9.17, 15) is 21.6 Å². The van der Waals surface area contributed by atoms with Crippen molar-refractivity contribution in [2.24, 2.45) is 0 Å². The van der Waals surface area contributed by atoms with Gasteiger partial charge in [0.2, 0.25) is 0 Å². The first-order chi connectivity index (χ1) is 9.51. The molecule has 0 heterocycles. The Morgan fingerprint density at radius 2 is 1.81 bits per heavy atom. The molecule has 0 radical (unpaired) electrons. The summed E-state index contributed by atoms with van der Waals surface area (Å²) in [6.45, 7) is 3.38. The van der Waals surface area contributed by atoms with Crippen LogP contribution in [0.2, 0.25) is 0 Å². The molecular formula is C13H19F3N2O2S. The van der Waals surface area contributed by atoms with E-state index in [1.807, 2.05) is 0 Å². The molecule has 0 amide bonds. The van der Waals surface area contributed by atoms with Crippen LogP contribution in [0.25, 0.3) is 0 Å². The standard InChI is InChI=1S/C13H19F3N2O2S/c1-5-18(21(19,20)17(3)4)10(2)11-7-6-8-12(9-11)13(14,15)16/h6-10H,5H2,1-4H3. The maximum atomic E-state index is 12.7. The Bertz CT molecular complexity index is 585. The first kappa shape index (κ1) is 17.9. The van der Waals surface area contributed by atoms with Crippen molar-refractivity contribution >= 4 is 10.2 Å². The summed E-state index contributed by atoms with van der Waals surface area (Å²) in [6.07, 6.45) is -4.45. The molecule has 1 unspecified atom stereocenters. The van der Waals surface area contributed by atoms with E-state index in [1.165, 1.54) is 26.2 Å². The zero-order valence-corrected chi connectivity index (χ0v) is 13.2. The number of nitrogens with zero attached hydrogens (tertiary/aromatic N) is 2. The maximum Gasteiger partial charge on any atom is 0.416 e. The quantitative estimate of drug-likeness (QED) is 0.835. The predicted molar refractivity (Wildman–Crippen MR) is 74.8 cm³/mol. The molecule has 1 aromatic carbocycles. The van der Waals surface area contributed by atoms with Crippen LogP contribution in [0.5, 0.6) is 0 Å². The molecule has 8 heteroatoms. The van der Waals surface area contributed by atoms with Crippen molar-refractivity contribution in [2.75, 3.05) is 20.6 Å². The van der Waals surface area contributed by atoms with Gasteiger partial charge >= 0.3 is 6.18 Å². The number of benzene rings is 1. The fraction of sp³-hybridized carbons (Fsp3) is 0.538. The highest BCUT2D eigenvalue weighted by Crippen LogP contribution is 2.32. The normalized spacial score (nSPS) is 14.7. The fourth-order valence-electron chi connectivity index (χ4n) is 1.99. The van der Waals surface area contributed by atoms with Crippen molar-refractivity contribution in [1.82, 2.24) is 8.61 Å². The smallest absolute Gasteiger partial charge is 0.195 e. The lowest BCUT2D eigenvalue weighted by atomic mass is 10.0. The fourth-order valence-corrected chi connectivity index (χ4v) is 3.25. The Balaban J connectivity index is 3.21. The molecule has 0 saturated carbocycles. The van der Waals surface area contributed by atoms with Crippen molar-refractivity contribution < 1.29 is 21.6 Å². The Labute approximate surface area is 123 Å². The number of hydrogen-bond acceptors (Lipinski definition) is 2. The molecule has 1 atom stereocenters. The number of hydrogen-bond donors (Lipinski definition) is 0. The molecule has 0 aliphatic rings. The third kappa shape index (κ3) is 3.96. The van der Waals surface area contributed by atoms with Crippen LogP contribution in [0.4, 0.5) is 13.2 Å².